The minimum Gasteiger partial charge on any atom is -0.489 e. The number of hydrogen-bond acceptors (Lipinski definition) is 2. The molecule has 96 valence electrons. The van der Waals surface area contributed by atoms with E-state index in [4.69, 9.17) is 21.6 Å². The van der Waals surface area contributed by atoms with Gasteiger partial charge in [0.05, 0.1) is 11.6 Å². The van der Waals surface area contributed by atoms with E-state index in [1.807, 2.05) is 44.2 Å². The third-order valence-electron chi connectivity index (χ3n) is 2.87. The lowest BCUT2D eigenvalue weighted by Crippen LogP contribution is -1.97. The first-order valence-corrected chi connectivity index (χ1v) is 6.36. The molecule has 2 nitrogen and oxygen atoms in total. The van der Waals surface area contributed by atoms with Crippen LogP contribution in [-0.4, -0.2) is 0 Å². The monoisotopic (exact) mass is 271 g/mol. The van der Waals surface area contributed by atoms with Crippen LogP contribution in [0.2, 0.25) is 5.02 Å². The van der Waals surface area contributed by atoms with Gasteiger partial charge < -0.3 is 4.74 Å². The quantitative estimate of drug-likeness (QED) is 0.828. The Hall–Kier alpha value is -1.98. The normalized spacial score (nSPS) is 10.0. The lowest BCUT2D eigenvalue weighted by atomic mass is 10.1. The highest BCUT2D eigenvalue weighted by Gasteiger charge is 2.04. The number of nitrogens with zero attached hydrogens (tertiary/aromatic N) is 1. The molecule has 2 aromatic carbocycles. The van der Waals surface area contributed by atoms with Gasteiger partial charge in [-0.15, -0.1) is 0 Å². The standard InChI is InChI=1S/C16H14ClNO/c1-11-6-15(7-12(2)16(11)17)19-10-14-5-3-4-13(8-14)9-18/h3-8H,10H2,1-2H3. The number of nitriles is 1. The molecule has 2 rings (SSSR count). The zero-order valence-corrected chi connectivity index (χ0v) is 11.7. The van der Waals surface area contributed by atoms with Crippen LogP contribution in [-0.2, 0) is 6.61 Å². The molecular formula is C16H14ClNO. The van der Waals surface area contributed by atoms with E-state index >= 15 is 0 Å². The third-order valence-corrected chi connectivity index (χ3v) is 3.47. The molecule has 0 unspecified atom stereocenters. The molecule has 0 aromatic heterocycles. The molecule has 0 saturated carbocycles. The van der Waals surface area contributed by atoms with Gasteiger partial charge in [0.15, 0.2) is 0 Å². The van der Waals surface area contributed by atoms with E-state index < -0.39 is 0 Å². The molecule has 0 aliphatic heterocycles. The Morgan fingerprint density at radius 2 is 1.84 bits per heavy atom. The number of ether oxygens (including phenoxy) is 1. The summed E-state index contributed by atoms with van der Waals surface area (Å²) in [5, 5.41) is 9.62. The highest BCUT2D eigenvalue weighted by molar-refractivity contribution is 6.32. The highest BCUT2D eigenvalue weighted by atomic mass is 35.5. The number of rotatable bonds is 3. The first kappa shape index (κ1) is 13.5. The molecule has 0 aliphatic rings. The summed E-state index contributed by atoms with van der Waals surface area (Å²) >= 11 is 6.11. The molecule has 19 heavy (non-hydrogen) atoms. The van der Waals surface area contributed by atoms with Crippen molar-refractivity contribution in [3.8, 4) is 11.8 Å². The van der Waals surface area contributed by atoms with E-state index in [-0.39, 0.29) is 0 Å². The van der Waals surface area contributed by atoms with E-state index in [0.717, 1.165) is 27.5 Å². The third kappa shape index (κ3) is 3.27. The second-order valence-corrected chi connectivity index (χ2v) is 4.85. The van der Waals surface area contributed by atoms with Gasteiger partial charge in [0, 0.05) is 5.02 Å². The molecule has 3 heteroatoms. The Kier molecular flexibility index (Phi) is 4.09. The molecule has 0 radical (unpaired) electrons. The van der Waals surface area contributed by atoms with Gasteiger partial charge in [0.1, 0.15) is 12.4 Å². The molecule has 0 amide bonds. The minimum absolute atomic E-state index is 0.441. The van der Waals surface area contributed by atoms with Crippen LogP contribution in [0.3, 0.4) is 0 Å². The lowest BCUT2D eigenvalue weighted by Gasteiger charge is -2.10. The van der Waals surface area contributed by atoms with Crippen LogP contribution in [0.5, 0.6) is 5.75 Å². The SMILES string of the molecule is Cc1cc(OCc2cccc(C#N)c2)cc(C)c1Cl. The molecular weight excluding hydrogens is 258 g/mol. The summed E-state index contributed by atoms with van der Waals surface area (Å²) in [5.74, 6) is 0.793. The van der Waals surface area contributed by atoms with Gasteiger partial charge in [-0.2, -0.15) is 5.26 Å². The van der Waals surface area contributed by atoms with Crippen molar-refractivity contribution in [3.63, 3.8) is 0 Å². The molecule has 2 aromatic rings. The molecule has 0 heterocycles. The fourth-order valence-corrected chi connectivity index (χ4v) is 2.00. The maximum absolute atomic E-state index is 8.85. The van der Waals surface area contributed by atoms with Crippen LogP contribution >= 0.6 is 11.6 Å². The van der Waals surface area contributed by atoms with Crippen molar-refractivity contribution < 1.29 is 4.74 Å². The maximum atomic E-state index is 8.85. The Bertz CT molecular complexity index is 620. The number of benzene rings is 2. The van der Waals surface area contributed by atoms with E-state index in [1.54, 1.807) is 6.07 Å². The molecule has 0 spiro atoms. The van der Waals surface area contributed by atoms with E-state index in [9.17, 15) is 0 Å². The summed E-state index contributed by atoms with van der Waals surface area (Å²) in [4.78, 5) is 0. The second kappa shape index (κ2) is 5.77. The van der Waals surface area contributed by atoms with E-state index in [2.05, 4.69) is 6.07 Å². The smallest absolute Gasteiger partial charge is 0.120 e. The van der Waals surface area contributed by atoms with E-state index in [1.165, 1.54) is 0 Å². The van der Waals surface area contributed by atoms with Gasteiger partial charge in [-0.1, -0.05) is 23.7 Å². The maximum Gasteiger partial charge on any atom is 0.120 e. The summed E-state index contributed by atoms with van der Waals surface area (Å²) in [5.41, 5.74) is 3.62. The predicted octanol–water partition coefficient (Wildman–Crippen LogP) is 4.41. The Labute approximate surface area is 118 Å². The summed E-state index contributed by atoms with van der Waals surface area (Å²) in [6.07, 6.45) is 0. The van der Waals surface area contributed by atoms with Crippen LogP contribution in [0.1, 0.15) is 22.3 Å². The second-order valence-electron chi connectivity index (χ2n) is 4.47. The number of hydrogen-bond donors (Lipinski definition) is 0. The van der Waals surface area contributed by atoms with Gasteiger partial charge in [-0.05, 0) is 54.8 Å². The number of halogens is 1. The van der Waals surface area contributed by atoms with Gasteiger partial charge in [-0.25, -0.2) is 0 Å². The first-order chi connectivity index (χ1) is 9.10. The van der Waals surface area contributed by atoms with Gasteiger partial charge in [0.2, 0.25) is 0 Å². The fraction of sp³-hybridized carbons (Fsp3) is 0.188. The van der Waals surface area contributed by atoms with Crippen molar-refractivity contribution in [1.29, 1.82) is 5.26 Å². The minimum atomic E-state index is 0.441. The first-order valence-electron chi connectivity index (χ1n) is 5.99. The molecule has 0 atom stereocenters. The Balaban J connectivity index is 2.12. The van der Waals surface area contributed by atoms with Gasteiger partial charge >= 0.3 is 0 Å². The van der Waals surface area contributed by atoms with Crippen molar-refractivity contribution >= 4 is 11.6 Å². The van der Waals surface area contributed by atoms with Crippen molar-refractivity contribution in [2.24, 2.45) is 0 Å². The van der Waals surface area contributed by atoms with Crippen LogP contribution in [0, 0.1) is 25.2 Å². The average Bonchev–Trinajstić information content (AvgIpc) is 2.42. The van der Waals surface area contributed by atoms with Crippen molar-refractivity contribution in [2.75, 3.05) is 0 Å². The van der Waals surface area contributed by atoms with Crippen LogP contribution < -0.4 is 4.74 Å². The van der Waals surface area contributed by atoms with Crippen LogP contribution in [0.25, 0.3) is 0 Å². The Morgan fingerprint density at radius 1 is 1.16 bits per heavy atom. The fourth-order valence-electron chi connectivity index (χ4n) is 1.89. The van der Waals surface area contributed by atoms with Gasteiger partial charge in [0.25, 0.3) is 0 Å². The van der Waals surface area contributed by atoms with Crippen molar-refractivity contribution in [3.05, 3.63) is 63.7 Å². The highest BCUT2D eigenvalue weighted by Crippen LogP contribution is 2.26. The zero-order valence-electron chi connectivity index (χ0n) is 10.9. The summed E-state index contributed by atoms with van der Waals surface area (Å²) in [6.45, 7) is 4.35. The molecule has 0 fully saturated rings. The summed E-state index contributed by atoms with van der Waals surface area (Å²) in [7, 11) is 0. The van der Waals surface area contributed by atoms with Crippen LogP contribution in [0.15, 0.2) is 36.4 Å². The molecule has 0 aliphatic carbocycles. The molecule has 0 bridgehead atoms. The predicted molar refractivity (Wildman–Crippen MR) is 76.4 cm³/mol. The summed E-state index contributed by atoms with van der Waals surface area (Å²) in [6, 6.07) is 13.4. The summed E-state index contributed by atoms with van der Waals surface area (Å²) < 4.78 is 5.74. The van der Waals surface area contributed by atoms with Crippen LogP contribution in [0.4, 0.5) is 0 Å². The topological polar surface area (TPSA) is 33.0 Å². The average molecular weight is 272 g/mol. The molecule has 0 saturated heterocycles. The van der Waals surface area contributed by atoms with Gasteiger partial charge in [-0.3, -0.25) is 0 Å². The lowest BCUT2D eigenvalue weighted by molar-refractivity contribution is 0.306. The van der Waals surface area contributed by atoms with Crippen molar-refractivity contribution in [1.82, 2.24) is 0 Å². The van der Waals surface area contributed by atoms with Crippen molar-refractivity contribution in [2.45, 2.75) is 20.5 Å². The van der Waals surface area contributed by atoms with E-state index in [0.29, 0.717) is 12.2 Å². The molecule has 0 N–H and O–H groups in total. The Morgan fingerprint density at radius 3 is 2.47 bits per heavy atom. The zero-order chi connectivity index (χ0) is 13.8. The largest absolute Gasteiger partial charge is 0.489 e. The number of aryl methyl sites for hydroxylation is 2.